The Labute approximate surface area is 103 Å². The molecule has 16 heavy (non-hydrogen) atoms. The molecule has 0 radical (unpaired) electrons. The zero-order valence-electron chi connectivity index (χ0n) is 10.4. The van der Waals surface area contributed by atoms with Crippen LogP contribution in [0.3, 0.4) is 0 Å². The third-order valence-corrected chi connectivity index (χ3v) is 4.44. The van der Waals surface area contributed by atoms with Crippen molar-refractivity contribution in [1.82, 2.24) is 5.32 Å². The Bertz CT molecular complexity index is 348. The van der Waals surface area contributed by atoms with Crippen molar-refractivity contribution in [2.24, 2.45) is 0 Å². The minimum atomic E-state index is 0.535. The Balaban J connectivity index is 2.25. The van der Waals surface area contributed by atoms with Crippen LogP contribution in [0.4, 0.5) is 0 Å². The van der Waals surface area contributed by atoms with Crippen molar-refractivity contribution in [3.63, 3.8) is 0 Å². The summed E-state index contributed by atoms with van der Waals surface area (Å²) in [5, 5.41) is 3.71. The van der Waals surface area contributed by atoms with Crippen LogP contribution >= 0.6 is 11.8 Å². The van der Waals surface area contributed by atoms with Crippen molar-refractivity contribution in [2.75, 3.05) is 11.5 Å². The van der Waals surface area contributed by atoms with E-state index in [4.69, 9.17) is 0 Å². The molecule has 1 aromatic carbocycles. The van der Waals surface area contributed by atoms with E-state index >= 15 is 0 Å². The fraction of sp³-hybridized carbons (Fsp3) is 0.571. The maximum Gasteiger partial charge on any atom is 0.0417 e. The second-order valence-corrected chi connectivity index (χ2v) is 6.02. The maximum atomic E-state index is 3.71. The molecule has 1 saturated heterocycles. The number of thioether (sulfide) groups is 1. The summed E-state index contributed by atoms with van der Waals surface area (Å²) in [5.41, 5.74) is 2.99. The molecule has 2 unspecified atom stereocenters. The first-order valence-corrected chi connectivity index (χ1v) is 7.26. The number of nitrogens with one attached hydrogen (secondary N) is 1. The van der Waals surface area contributed by atoms with E-state index in [0.717, 1.165) is 0 Å². The summed E-state index contributed by atoms with van der Waals surface area (Å²) in [6.45, 7) is 6.83. The maximum absolute atomic E-state index is 3.71. The van der Waals surface area contributed by atoms with Crippen LogP contribution in [0.1, 0.15) is 43.9 Å². The first-order chi connectivity index (χ1) is 7.68. The van der Waals surface area contributed by atoms with Gasteiger partial charge in [-0.1, -0.05) is 38.1 Å². The lowest BCUT2D eigenvalue weighted by atomic mass is 9.93. The van der Waals surface area contributed by atoms with Gasteiger partial charge in [0.15, 0.2) is 0 Å². The second kappa shape index (κ2) is 5.24. The highest BCUT2D eigenvalue weighted by Crippen LogP contribution is 2.30. The number of rotatable bonds is 2. The van der Waals surface area contributed by atoms with Gasteiger partial charge in [-0.2, -0.15) is 11.8 Å². The molecule has 1 nitrogen and oxygen atoms in total. The molecule has 0 spiro atoms. The lowest BCUT2D eigenvalue weighted by Gasteiger charge is -2.30. The first-order valence-electron chi connectivity index (χ1n) is 6.11. The largest absolute Gasteiger partial charge is 0.306 e. The van der Waals surface area contributed by atoms with Crippen LogP contribution in [0.15, 0.2) is 24.3 Å². The van der Waals surface area contributed by atoms with Crippen molar-refractivity contribution in [3.05, 3.63) is 35.4 Å². The van der Waals surface area contributed by atoms with Crippen LogP contribution in [-0.2, 0) is 0 Å². The highest BCUT2D eigenvalue weighted by atomic mass is 32.2. The van der Waals surface area contributed by atoms with Crippen LogP contribution < -0.4 is 5.32 Å². The summed E-state index contributed by atoms with van der Waals surface area (Å²) in [6, 6.07) is 10.0. The van der Waals surface area contributed by atoms with E-state index in [1.54, 1.807) is 0 Å². The zero-order valence-corrected chi connectivity index (χ0v) is 11.2. The van der Waals surface area contributed by atoms with E-state index in [2.05, 4.69) is 62.1 Å². The predicted molar refractivity (Wildman–Crippen MR) is 73.2 cm³/mol. The van der Waals surface area contributed by atoms with Gasteiger partial charge in [0.2, 0.25) is 0 Å². The van der Waals surface area contributed by atoms with Crippen molar-refractivity contribution < 1.29 is 0 Å². The van der Waals surface area contributed by atoms with Gasteiger partial charge in [-0.05, 0) is 24.0 Å². The minimum absolute atomic E-state index is 0.535. The molecule has 1 fully saturated rings. The van der Waals surface area contributed by atoms with Gasteiger partial charge in [0.1, 0.15) is 0 Å². The molecule has 1 aliphatic rings. The normalized spacial score (nSPS) is 26.0. The van der Waals surface area contributed by atoms with Gasteiger partial charge in [0, 0.05) is 23.6 Å². The topological polar surface area (TPSA) is 12.0 Å². The molecule has 1 aromatic rings. The SMILES string of the molecule is CC1CSCC(c2ccccc2C(C)C)N1. The molecule has 1 N–H and O–H groups in total. The van der Waals surface area contributed by atoms with Crippen molar-refractivity contribution >= 4 is 11.8 Å². The molecule has 0 saturated carbocycles. The Hall–Kier alpha value is -0.470. The molecule has 0 aromatic heterocycles. The molecule has 2 atom stereocenters. The van der Waals surface area contributed by atoms with E-state index in [9.17, 15) is 0 Å². The van der Waals surface area contributed by atoms with Gasteiger partial charge in [0.25, 0.3) is 0 Å². The molecule has 0 aliphatic carbocycles. The first kappa shape index (κ1) is 12.0. The van der Waals surface area contributed by atoms with Gasteiger partial charge >= 0.3 is 0 Å². The fourth-order valence-electron chi connectivity index (χ4n) is 2.34. The molecule has 2 heteroatoms. The van der Waals surface area contributed by atoms with Crippen molar-refractivity contribution in [2.45, 2.75) is 38.8 Å². The van der Waals surface area contributed by atoms with Crippen molar-refractivity contribution in [1.29, 1.82) is 0 Å². The average molecular weight is 235 g/mol. The molecule has 0 bridgehead atoms. The zero-order chi connectivity index (χ0) is 11.5. The van der Waals surface area contributed by atoms with E-state index in [1.807, 2.05) is 0 Å². The molecular formula is C14H21NS. The number of hydrogen-bond acceptors (Lipinski definition) is 2. The minimum Gasteiger partial charge on any atom is -0.306 e. The summed E-state index contributed by atoms with van der Waals surface area (Å²) in [6.07, 6.45) is 0. The van der Waals surface area contributed by atoms with E-state index in [0.29, 0.717) is 18.0 Å². The molecule has 1 aliphatic heterocycles. The van der Waals surface area contributed by atoms with Crippen LogP contribution in [0, 0.1) is 0 Å². The Kier molecular flexibility index (Phi) is 3.93. The van der Waals surface area contributed by atoms with E-state index in [-0.39, 0.29) is 0 Å². The Morgan fingerprint density at radius 1 is 1.25 bits per heavy atom. The molecule has 88 valence electrons. The highest BCUT2D eigenvalue weighted by Gasteiger charge is 2.22. The summed E-state index contributed by atoms with van der Waals surface area (Å²) >= 11 is 2.06. The van der Waals surface area contributed by atoms with Crippen LogP contribution in [0.2, 0.25) is 0 Å². The number of benzene rings is 1. The monoisotopic (exact) mass is 235 g/mol. The predicted octanol–water partition coefficient (Wildman–Crippen LogP) is 3.58. The lowest BCUT2D eigenvalue weighted by molar-refractivity contribution is 0.498. The van der Waals surface area contributed by atoms with Gasteiger partial charge in [-0.3, -0.25) is 0 Å². The molecule has 2 rings (SSSR count). The van der Waals surface area contributed by atoms with Crippen LogP contribution in [-0.4, -0.2) is 17.5 Å². The number of hydrogen-bond donors (Lipinski definition) is 1. The smallest absolute Gasteiger partial charge is 0.0417 e. The summed E-state index contributed by atoms with van der Waals surface area (Å²) in [5.74, 6) is 3.05. The van der Waals surface area contributed by atoms with Gasteiger partial charge in [0.05, 0.1) is 0 Å². The van der Waals surface area contributed by atoms with E-state index < -0.39 is 0 Å². The standard InChI is InChI=1S/C14H21NS/c1-10(2)12-6-4-5-7-13(12)14-9-16-8-11(3)15-14/h4-7,10-11,14-15H,8-9H2,1-3H3. The Morgan fingerprint density at radius 2 is 2.00 bits per heavy atom. The summed E-state index contributed by atoms with van der Waals surface area (Å²) < 4.78 is 0. The summed E-state index contributed by atoms with van der Waals surface area (Å²) in [4.78, 5) is 0. The van der Waals surface area contributed by atoms with Crippen molar-refractivity contribution in [3.8, 4) is 0 Å². The third kappa shape index (κ3) is 2.61. The van der Waals surface area contributed by atoms with E-state index in [1.165, 1.54) is 22.6 Å². The van der Waals surface area contributed by atoms with Crippen LogP contribution in [0.5, 0.6) is 0 Å². The van der Waals surface area contributed by atoms with Gasteiger partial charge in [-0.25, -0.2) is 0 Å². The second-order valence-electron chi connectivity index (χ2n) is 4.94. The quantitative estimate of drug-likeness (QED) is 0.841. The Morgan fingerprint density at radius 3 is 2.69 bits per heavy atom. The molecule has 1 heterocycles. The third-order valence-electron chi connectivity index (χ3n) is 3.13. The summed E-state index contributed by atoms with van der Waals surface area (Å²) in [7, 11) is 0. The fourth-order valence-corrected chi connectivity index (χ4v) is 3.43. The molecular weight excluding hydrogens is 214 g/mol. The average Bonchev–Trinajstić information content (AvgIpc) is 2.29. The van der Waals surface area contributed by atoms with Gasteiger partial charge in [-0.15, -0.1) is 0 Å². The highest BCUT2D eigenvalue weighted by molar-refractivity contribution is 7.99. The lowest BCUT2D eigenvalue weighted by Crippen LogP contribution is -2.38. The van der Waals surface area contributed by atoms with Gasteiger partial charge < -0.3 is 5.32 Å². The molecule has 0 amide bonds. The van der Waals surface area contributed by atoms with Crippen LogP contribution in [0.25, 0.3) is 0 Å².